The van der Waals surface area contributed by atoms with Crippen LogP contribution in [0.25, 0.3) is 10.7 Å². The first-order valence-electron chi connectivity index (χ1n) is 4.60. The maximum absolute atomic E-state index is 6.04. The van der Waals surface area contributed by atoms with Crippen molar-refractivity contribution in [1.82, 2.24) is 9.97 Å². The number of halogens is 2. The van der Waals surface area contributed by atoms with Gasteiger partial charge < -0.3 is 5.73 Å². The first kappa shape index (κ1) is 11.8. The normalized spacial score (nSPS) is 12.8. The fourth-order valence-corrected chi connectivity index (χ4v) is 2.58. The van der Waals surface area contributed by atoms with Gasteiger partial charge in [-0.1, -0.05) is 23.2 Å². The Kier molecular flexibility index (Phi) is 3.44. The second kappa shape index (κ2) is 4.67. The van der Waals surface area contributed by atoms with Gasteiger partial charge in [-0.05, 0) is 13.0 Å². The summed E-state index contributed by atoms with van der Waals surface area (Å²) < 4.78 is 0. The number of hydrogen-bond acceptors (Lipinski definition) is 4. The van der Waals surface area contributed by atoms with Crippen molar-refractivity contribution >= 4 is 34.5 Å². The lowest BCUT2D eigenvalue weighted by atomic mass is 10.3. The van der Waals surface area contributed by atoms with E-state index in [4.69, 9.17) is 28.9 Å². The molecule has 0 fully saturated rings. The molecule has 0 aromatic carbocycles. The van der Waals surface area contributed by atoms with Gasteiger partial charge in [0.25, 0.3) is 0 Å². The SMILES string of the molecule is CC(N)c1cnc(-c2ncc(Cl)cc2Cl)s1. The lowest BCUT2D eigenvalue weighted by Crippen LogP contribution is -2.01. The second-order valence-electron chi connectivity index (χ2n) is 3.34. The van der Waals surface area contributed by atoms with Gasteiger partial charge in [-0.2, -0.15) is 0 Å². The molecule has 0 radical (unpaired) electrons. The van der Waals surface area contributed by atoms with E-state index < -0.39 is 0 Å². The Morgan fingerprint density at radius 1 is 1.31 bits per heavy atom. The molecule has 0 saturated carbocycles. The minimum atomic E-state index is -0.0303. The van der Waals surface area contributed by atoms with Crippen LogP contribution in [-0.4, -0.2) is 9.97 Å². The first-order valence-corrected chi connectivity index (χ1v) is 6.18. The third-order valence-electron chi connectivity index (χ3n) is 1.98. The van der Waals surface area contributed by atoms with Gasteiger partial charge in [-0.25, -0.2) is 4.98 Å². The molecular weight excluding hydrogens is 265 g/mol. The highest BCUT2D eigenvalue weighted by Crippen LogP contribution is 2.32. The maximum atomic E-state index is 6.04. The fraction of sp³-hybridized carbons (Fsp3) is 0.200. The van der Waals surface area contributed by atoms with Gasteiger partial charge >= 0.3 is 0 Å². The van der Waals surface area contributed by atoms with Gasteiger partial charge in [0.2, 0.25) is 0 Å². The molecule has 3 nitrogen and oxygen atoms in total. The van der Waals surface area contributed by atoms with Gasteiger partial charge in [0, 0.05) is 23.3 Å². The Bertz CT molecular complexity index is 511. The average Bonchev–Trinajstić information content (AvgIpc) is 2.66. The summed E-state index contributed by atoms with van der Waals surface area (Å²) in [7, 11) is 0. The summed E-state index contributed by atoms with van der Waals surface area (Å²) in [6.07, 6.45) is 3.30. The highest BCUT2D eigenvalue weighted by molar-refractivity contribution is 7.15. The molecule has 2 aromatic rings. The molecular formula is C10H9Cl2N3S. The molecule has 2 N–H and O–H groups in total. The third kappa shape index (κ3) is 2.35. The summed E-state index contributed by atoms with van der Waals surface area (Å²) in [5.74, 6) is 0. The number of aromatic nitrogens is 2. The van der Waals surface area contributed by atoms with Gasteiger partial charge in [0.1, 0.15) is 10.7 Å². The second-order valence-corrected chi connectivity index (χ2v) is 5.25. The van der Waals surface area contributed by atoms with Crippen molar-refractivity contribution < 1.29 is 0 Å². The lowest BCUT2D eigenvalue weighted by Gasteiger charge is -2.00. The topological polar surface area (TPSA) is 51.8 Å². The van der Waals surface area contributed by atoms with E-state index in [1.54, 1.807) is 18.5 Å². The predicted octanol–water partition coefficient (Wildman–Crippen LogP) is 3.53. The minimum absolute atomic E-state index is 0.0303. The van der Waals surface area contributed by atoms with Crippen molar-refractivity contribution in [2.24, 2.45) is 5.73 Å². The molecule has 84 valence electrons. The number of nitrogens with zero attached hydrogens (tertiary/aromatic N) is 2. The third-order valence-corrected chi connectivity index (χ3v) is 3.68. The van der Waals surface area contributed by atoms with Gasteiger partial charge in [-0.3, -0.25) is 4.98 Å². The summed E-state index contributed by atoms with van der Waals surface area (Å²) in [5.41, 5.74) is 6.40. The van der Waals surface area contributed by atoms with Crippen molar-refractivity contribution in [2.45, 2.75) is 13.0 Å². The van der Waals surface area contributed by atoms with E-state index in [9.17, 15) is 0 Å². The van der Waals surface area contributed by atoms with Crippen LogP contribution >= 0.6 is 34.5 Å². The quantitative estimate of drug-likeness (QED) is 0.911. The van der Waals surface area contributed by atoms with Gasteiger partial charge in [0.05, 0.1) is 10.0 Å². The molecule has 0 aliphatic rings. The number of nitrogens with two attached hydrogens (primary N) is 1. The summed E-state index contributed by atoms with van der Waals surface area (Å²) in [5, 5.41) is 1.77. The Labute approximate surface area is 107 Å². The van der Waals surface area contributed by atoms with E-state index >= 15 is 0 Å². The number of thiazole rings is 1. The van der Waals surface area contributed by atoms with Crippen LogP contribution in [0.4, 0.5) is 0 Å². The monoisotopic (exact) mass is 273 g/mol. The van der Waals surface area contributed by atoms with Crippen LogP contribution in [0.5, 0.6) is 0 Å². The smallest absolute Gasteiger partial charge is 0.143 e. The van der Waals surface area contributed by atoms with Crippen molar-refractivity contribution in [3.05, 3.63) is 33.4 Å². The zero-order valence-corrected chi connectivity index (χ0v) is 10.8. The molecule has 0 spiro atoms. The van der Waals surface area contributed by atoms with E-state index in [1.165, 1.54) is 11.3 Å². The molecule has 16 heavy (non-hydrogen) atoms. The van der Waals surface area contributed by atoms with Crippen molar-refractivity contribution in [3.8, 4) is 10.7 Å². The number of hydrogen-bond donors (Lipinski definition) is 1. The summed E-state index contributed by atoms with van der Waals surface area (Å²) in [4.78, 5) is 9.41. The largest absolute Gasteiger partial charge is 0.323 e. The Hall–Kier alpha value is -0.680. The summed E-state index contributed by atoms with van der Waals surface area (Å²) >= 11 is 13.3. The van der Waals surface area contributed by atoms with Crippen LogP contribution in [0, 0.1) is 0 Å². The molecule has 0 bridgehead atoms. The van der Waals surface area contributed by atoms with E-state index in [0.29, 0.717) is 15.7 Å². The minimum Gasteiger partial charge on any atom is -0.323 e. The van der Waals surface area contributed by atoms with Crippen LogP contribution < -0.4 is 5.73 Å². The standard InChI is InChI=1S/C10H9Cl2N3S/c1-5(13)8-4-15-10(16-8)9-7(12)2-6(11)3-14-9/h2-5H,13H2,1H3. The van der Waals surface area contributed by atoms with Crippen LogP contribution in [-0.2, 0) is 0 Å². The maximum Gasteiger partial charge on any atom is 0.143 e. The van der Waals surface area contributed by atoms with Crippen LogP contribution in [0.15, 0.2) is 18.5 Å². The van der Waals surface area contributed by atoms with Crippen molar-refractivity contribution in [1.29, 1.82) is 0 Å². The fourth-order valence-electron chi connectivity index (χ4n) is 1.18. The molecule has 0 aliphatic heterocycles. The average molecular weight is 274 g/mol. The van der Waals surface area contributed by atoms with Crippen LogP contribution in [0.1, 0.15) is 17.8 Å². The van der Waals surface area contributed by atoms with Crippen LogP contribution in [0.2, 0.25) is 10.0 Å². The lowest BCUT2D eigenvalue weighted by molar-refractivity contribution is 0.835. The molecule has 6 heteroatoms. The van der Waals surface area contributed by atoms with E-state index in [1.807, 2.05) is 6.92 Å². The highest BCUT2D eigenvalue weighted by atomic mass is 35.5. The van der Waals surface area contributed by atoms with Crippen molar-refractivity contribution in [3.63, 3.8) is 0 Å². The zero-order chi connectivity index (χ0) is 11.7. The molecule has 0 saturated heterocycles. The van der Waals surface area contributed by atoms with E-state index in [2.05, 4.69) is 9.97 Å². The van der Waals surface area contributed by atoms with E-state index in [-0.39, 0.29) is 6.04 Å². The summed E-state index contributed by atoms with van der Waals surface area (Å²) in [6.45, 7) is 1.91. The molecule has 1 atom stereocenters. The highest BCUT2D eigenvalue weighted by Gasteiger charge is 2.12. The molecule has 0 amide bonds. The first-order chi connectivity index (χ1) is 7.58. The predicted molar refractivity (Wildman–Crippen MR) is 68.0 cm³/mol. The number of pyridine rings is 1. The van der Waals surface area contributed by atoms with E-state index in [0.717, 1.165) is 9.88 Å². The molecule has 2 aromatic heterocycles. The Morgan fingerprint density at radius 3 is 2.62 bits per heavy atom. The summed E-state index contributed by atoms with van der Waals surface area (Å²) in [6, 6.07) is 1.62. The molecule has 2 heterocycles. The Morgan fingerprint density at radius 2 is 2.06 bits per heavy atom. The molecule has 1 unspecified atom stereocenters. The van der Waals surface area contributed by atoms with Crippen LogP contribution in [0.3, 0.4) is 0 Å². The van der Waals surface area contributed by atoms with Gasteiger partial charge in [-0.15, -0.1) is 11.3 Å². The Balaban J connectivity index is 2.42. The zero-order valence-electron chi connectivity index (χ0n) is 8.45. The molecule has 2 rings (SSSR count). The van der Waals surface area contributed by atoms with Crippen molar-refractivity contribution in [2.75, 3.05) is 0 Å². The van der Waals surface area contributed by atoms with Gasteiger partial charge in [0.15, 0.2) is 0 Å². The molecule has 0 aliphatic carbocycles. The number of rotatable bonds is 2.